The Hall–Kier alpha value is -2.21. The molecule has 2 aromatic rings. The second-order valence-corrected chi connectivity index (χ2v) is 8.68. The summed E-state index contributed by atoms with van der Waals surface area (Å²) in [5.74, 6) is -1.07. The Balaban J connectivity index is 1.92. The van der Waals surface area contributed by atoms with Crippen LogP contribution in [0.25, 0.3) is 0 Å². The molecule has 0 saturated carbocycles. The molecule has 0 bridgehead atoms. The first-order valence-electron chi connectivity index (χ1n) is 8.17. The minimum Gasteiger partial charge on any atom is -0.330 e. The number of carbonyl (C=O) groups is 1. The number of hydrogen-bond donors (Lipinski definition) is 0. The molecule has 0 unspecified atom stereocenters. The third kappa shape index (κ3) is 4.07. The number of sulfone groups is 1. The van der Waals surface area contributed by atoms with Crippen LogP contribution in [0.4, 0.5) is 4.39 Å². The highest BCUT2D eigenvalue weighted by atomic mass is 32.2. The van der Waals surface area contributed by atoms with Crippen molar-refractivity contribution in [3.8, 4) is 0 Å². The zero-order valence-corrected chi connectivity index (χ0v) is 14.8. The van der Waals surface area contributed by atoms with Crippen molar-refractivity contribution in [2.24, 2.45) is 0 Å². The molecule has 1 amide bonds. The summed E-state index contributed by atoms with van der Waals surface area (Å²) in [6, 6.07) is 13.0. The smallest absolute Gasteiger partial charge is 0.257 e. The zero-order valence-electron chi connectivity index (χ0n) is 14.0. The fourth-order valence-electron chi connectivity index (χ4n) is 3.07. The van der Waals surface area contributed by atoms with Crippen molar-refractivity contribution in [1.82, 2.24) is 4.90 Å². The van der Waals surface area contributed by atoms with E-state index in [1.54, 1.807) is 6.07 Å². The molecule has 1 saturated heterocycles. The molecule has 25 heavy (non-hydrogen) atoms. The largest absolute Gasteiger partial charge is 0.330 e. The van der Waals surface area contributed by atoms with Gasteiger partial charge in [-0.1, -0.05) is 42.0 Å². The van der Waals surface area contributed by atoms with Crippen molar-refractivity contribution < 1.29 is 17.6 Å². The number of rotatable bonds is 4. The van der Waals surface area contributed by atoms with Gasteiger partial charge in [-0.05, 0) is 31.0 Å². The normalized spacial score (nSPS) is 18.9. The van der Waals surface area contributed by atoms with E-state index in [1.807, 2.05) is 31.2 Å². The molecule has 0 aliphatic carbocycles. The van der Waals surface area contributed by atoms with Gasteiger partial charge in [-0.15, -0.1) is 0 Å². The van der Waals surface area contributed by atoms with Crippen LogP contribution in [-0.4, -0.2) is 36.8 Å². The maximum atomic E-state index is 14.1. The Morgan fingerprint density at radius 3 is 2.44 bits per heavy atom. The molecule has 6 heteroatoms. The summed E-state index contributed by atoms with van der Waals surface area (Å²) in [5.41, 5.74) is 1.96. The van der Waals surface area contributed by atoms with Crippen LogP contribution in [-0.2, 0) is 16.4 Å². The van der Waals surface area contributed by atoms with Crippen molar-refractivity contribution in [2.75, 3.05) is 11.5 Å². The summed E-state index contributed by atoms with van der Waals surface area (Å²) in [7, 11) is -3.15. The number of benzene rings is 2. The Bertz CT molecular complexity index is 878. The van der Waals surface area contributed by atoms with E-state index in [-0.39, 0.29) is 23.6 Å². The molecule has 1 aliphatic heterocycles. The molecule has 1 aliphatic rings. The molecular weight excluding hydrogens is 341 g/mol. The molecule has 1 heterocycles. The van der Waals surface area contributed by atoms with Crippen LogP contribution in [0.1, 0.15) is 27.9 Å². The van der Waals surface area contributed by atoms with Gasteiger partial charge >= 0.3 is 0 Å². The fraction of sp³-hybridized carbons (Fsp3) is 0.316. The summed E-state index contributed by atoms with van der Waals surface area (Å²) >= 11 is 0. The van der Waals surface area contributed by atoms with Gasteiger partial charge in [0.15, 0.2) is 9.84 Å². The molecule has 0 N–H and O–H groups in total. The minimum atomic E-state index is -3.15. The summed E-state index contributed by atoms with van der Waals surface area (Å²) in [4.78, 5) is 14.4. The minimum absolute atomic E-state index is 0.0288. The second-order valence-electron chi connectivity index (χ2n) is 6.46. The van der Waals surface area contributed by atoms with E-state index >= 15 is 0 Å². The van der Waals surface area contributed by atoms with E-state index < -0.39 is 27.6 Å². The highest BCUT2D eigenvalue weighted by Gasteiger charge is 2.35. The van der Waals surface area contributed by atoms with Crippen LogP contribution in [0.3, 0.4) is 0 Å². The van der Waals surface area contributed by atoms with Gasteiger partial charge in [0, 0.05) is 12.6 Å². The third-order valence-electron chi connectivity index (χ3n) is 4.49. The molecule has 4 nitrogen and oxygen atoms in total. The van der Waals surface area contributed by atoms with Gasteiger partial charge in [-0.3, -0.25) is 4.79 Å². The molecule has 3 rings (SSSR count). The van der Waals surface area contributed by atoms with Gasteiger partial charge in [0.25, 0.3) is 5.91 Å². The highest BCUT2D eigenvalue weighted by molar-refractivity contribution is 7.91. The van der Waals surface area contributed by atoms with Crippen LogP contribution in [0.5, 0.6) is 0 Å². The van der Waals surface area contributed by atoms with Crippen LogP contribution in [0.2, 0.25) is 0 Å². The molecule has 2 aromatic carbocycles. The Morgan fingerprint density at radius 2 is 1.84 bits per heavy atom. The van der Waals surface area contributed by atoms with Crippen molar-refractivity contribution >= 4 is 15.7 Å². The van der Waals surface area contributed by atoms with Crippen molar-refractivity contribution in [2.45, 2.75) is 25.9 Å². The van der Waals surface area contributed by atoms with E-state index in [0.717, 1.165) is 11.1 Å². The van der Waals surface area contributed by atoms with Crippen LogP contribution >= 0.6 is 0 Å². The predicted octanol–water partition coefficient (Wildman–Crippen LogP) is 2.96. The van der Waals surface area contributed by atoms with Crippen LogP contribution in [0.15, 0.2) is 48.5 Å². The van der Waals surface area contributed by atoms with E-state index in [9.17, 15) is 17.6 Å². The van der Waals surface area contributed by atoms with E-state index in [2.05, 4.69) is 0 Å². The Labute approximate surface area is 147 Å². The van der Waals surface area contributed by atoms with Crippen molar-refractivity contribution in [3.05, 3.63) is 71.0 Å². The lowest BCUT2D eigenvalue weighted by Gasteiger charge is -2.28. The first-order valence-corrected chi connectivity index (χ1v) is 9.99. The van der Waals surface area contributed by atoms with Crippen LogP contribution in [0, 0.1) is 12.7 Å². The molecular formula is C19H20FNO3S. The molecule has 0 spiro atoms. The van der Waals surface area contributed by atoms with Gasteiger partial charge in [-0.2, -0.15) is 0 Å². The molecule has 0 radical (unpaired) electrons. The topological polar surface area (TPSA) is 54.5 Å². The summed E-state index contributed by atoms with van der Waals surface area (Å²) in [5, 5.41) is 0. The average molecular weight is 361 g/mol. The highest BCUT2D eigenvalue weighted by Crippen LogP contribution is 2.23. The van der Waals surface area contributed by atoms with E-state index in [0.29, 0.717) is 6.42 Å². The number of halogens is 1. The lowest BCUT2D eigenvalue weighted by molar-refractivity contribution is 0.0676. The fourth-order valence-corrected chi connectivity index (χ4v) is 4.80. The van der Waals surface area contributed by atoms with E-state index in [4.69, 9.17) is 0 Å². The lowest BCUT2D eigenvalue weighted by Crippen LogP contribution is -2.41. The second kappa shape index (κ2) is 6.96. The number of hydrogen-bond acceptors (Lipinski definition) is 3. The number of nitrogens with zero attached hydrogens (tertiary/aromatic N) is 1. The lowest BCUT2D eigenvalue weighted by atomic mass is 10.1. The quantitative estimate of drug-likeness (QED) is 0.841. The van der Waals surface area contributed by atoms with Gasteiger partial charge < -0.3 is 4.90 Å². The molecule has 1 atom stereocenters. The van der Waals surface area contributed by atoms with Crippen molar-refractivity contribution in [3.63, 3.8) is 0 Å². The number of aryl methyl sites for hydroxylation is 1. The number of amides is 1. The van der Waals surface area contributed by atoms with Gasteiger partial charge in [-0.25, -0.2) is 12.8 Å². The summed E-state index contributed by atoms with van der Waals surface area (Å²) in [6.45, 7) is 2.23. The first-order chi connectivity index (χ1) is 11.9. The monoisotopic (exact) mass is 361 g/mol. The van der Waals surface area contributed by atoms with E-state index in [1.165, 1.54) is 23.1 Å². The Kier molecular flexibility index (Phi) is 4.90. The molecule has 132 valence electrons. The third-order valence-corrected chi connectivity index (χ3v) is 6.24. The number of carbonyl (C=O) groups excluding carboxylic acids is 1. The SMILES string of the molecule is Cc1ccc(CN(C(=O)c2ccccc2F)[C@@H]2CCS(=O)(=O)C2)cc1. The van der Waals surface area contributed by atoms with Crippen molar-refractivity contribution in [1.29, 1.82) is 0 Å². The van der Waals surface area contributed by atoms with Gasteiger partial charge in [0.1, 0.15) is 5.82 Å². The summed E-state index contributed by atoms with van der Waals surface area (Å²) < 4.78 is 37.8. The predicted molar refractivity (Wildman–Crippen MR) is 94.5 cm³/mol. The average Bonchev–Trinajstić information content (AvgIpc) is 2.94. The van der Waals surface area contributed by atoms with Gasteiger partial charge in [0.2, 0.25) is 0 Å². The Morgan fingerprint density at radius 1 is 1.16 bits per heavy atom. The summed E-state index contributed by atoms with van der Waals surface area (Å²) in [6.07, 6.45) is 0.383. The molecule has 0 aromatic heterocycles. The van der Waals surface area contributed by atoms with Crippen LogP contribution < -0.4 is 0 Å². The zero-order chi connectivity index (χ0) is 18.0. The first kappa shape index (κ1) is 17.6. The standard InChI is InChI=1S/C19H20FNO3S/c1-14-6-8-15(9-7-14)12-21(16-10-11-25(23,24)13-16)19(22)17-4-2-3-5-18(17)20/h2-9,16H,10-13H2,1H3/t16-/m1/s1. The van der Waals surface area contributed by atoms with Gasteiger partial charge in [0.05, 0.1) is 17.1 Å². The maximum Gasteiger partial charge on any atom is 0.257 e. The maximum absolute atomic E-state index is 14.1. The molecule has 1 fully saturated rings.